The highest BCUT2D eigenvalue weighted by Gasteiger charge is 2.08. The summed E-state index contributed by atoms with van der Waals surface area (Å²) in [4.78, 5) is 13.6. The highest BCUT2D eigenvalue weighted by atomic mass is 16.5. The van der Waals surface area contributed by atoms with Gasteiger partial charge in [0.25, 0.3) is 0 Å². The van der Waals surface area contributed by atoms with E-state index in [1.165, 1.54) is 6.08 Å². The Bertz CT molecular complexity index is 565. The first-order valence-electron chi connectivity index (χ1n) is 4.85. The summed E-state index contributed by atoms with van der Waals surface area (Å²) in [6, 6.07) is 5.66. The summed E-state index contributed by atoms with van der Waals surface area (Å²) in [6.07, 6.45) is 1.52. The highest BCUT2D eigenvalue weighted by Crippen LogP contribution is 2.30. The zero-order valence-electron chi connectivity index (χ0n) is 9.11. The van der Waals surface area contributed by atoms with Crippen molar-refractivity contribution in [2.75, 3.05) is 7.11 Å². The molecule has 0 aliphatic heterocycles. The van der Waals surface area contributed by atoms with Gasteiger partial charge in [-0.15, -0.1) is 0 Å². The second-order valence-electron chi connectivity index (χ2n) is 3.48. The third-order valence-corrected chi connectivity index (χ3v) is 2.31. The fourth-order valence-corrected chi connectivity index (χ4v) is 1.68. The summed E-state index contributed by atoms with van der Waals surface area (Å²) in [5, 5.41) is 0.952. The van der Waals surface area contributed by atoms with E-state index in [0.717, 1.165) is 22.3 Å². The first-order chi connectivity index (χ1) is 7.74. The van der Waals surface area contributed by atoms with Gasteiger partial charge in [-0.2, -0.15) is 0 Å². The summed E-state index contributed by atoms with van der Waals surface area (Å²) in [5.41, 5.74) is 1.62. The number of furan rings is 1. The number of aliphatic imine (C=N–C) groups is 1. The van der Waals surface area contributed by atoms with Crippen LogP contribution >= 0.6 is 0 Å². The minimum Gasteiger partial charge on any atom is -0.493 e. The van der Waals surface area contributed by atoms with Crippen molar-refractivity contribution >= 4 is 17.0 Å². The third-order valence-electron chi connectivity index (χ3n) is 2.31. The van der Waals surface area contributed by atoms with Crippen LogP contribution in [0.15, 0.2) is 27.6 Å². The lowest BCUT2D eigenvalue weighted by atomic mass is 10.1. The quantitative estimate of drug-likeness (QED) is 0.586. The van der Waals surface area contributed by atoms with Gasteiger partial charge in [0, 0.05) is 5.39 Å². The van der Waals surface area contributed by atoms with Crippen molar-refractivity contribution in [3.8, 4) is 5.75 Å². The molecule has 0 atom stereocenters. The number of nitrogens with zero attached hydrogens (tertiary/aromatic N) is 1. The molecule has 4 heteroatoms. The molecule has 16 heavy (non-hydrogen) atoms. The number of hydrogen-bond donors (Lipinski definition) is 0. The van der Waals surface area contributed by atoms with E-state index in [9.17, 15) is 4.79 Å². The van der Waals surface area contributed by atoms with Crippen LogP contribution in [0.2, 0.25) is 0 Å². The molecule has 1 heterocycles. The Labute approximate surface area is 92.5 Å². The second kappa shape index (κ2) is 4.21. The molecule has 0 N–H and O–H groups in total. The molecule has 0 radical (unpaired) electrons. The van der Waals surface area contributed by atoms with Gasteiger partial charge in [-0.25, -0.2) is 9.79 Å². The van der Waals surface area contributed by atoms with E-state index in [-0.39, 0.29) is 0 Å². The Balaban J connectivity index is 2.57. The second-order valence-corrected chi connectivity index (χ2v) is 3.48. The van der Waals surface area contributed by atoms with Crippen molar-refractivity contribution in [1.29, 1.82) is 0 Å². The van der Waals surface area contributed by atoms with Crippen LogP contribution in [0.3, 0.4) is 0 Å². The molecule has 0 amide bonds. The lowest BCUT2D eigenvalue weighted by molar-refractivity contribution is 0.408. The molecule has 2 aromatic rings. The Hall–Kier alpha value is -2.06. The Morgan fingerprint density at radius 3 is 2.94 bits per heavy atom. The normalized spacial score (nSPS) is 10.1. The van der Waals surface area contributed by atoms with Crippen molar-refractivity contribution in [2.45, 2.75) is 13.5 Å². The van der Waals surface area contributed by atoms with Gasteiger partial charge in [-0.3, -0.25) is 0 Å². The number of hydrogen-bond acceptors (Lipinski definition) is 4. The maximum Gasteiger partial charge on any atom is 0.235 e. The van der Waals surface area contributed by atoms with Gasteiger partial charge < -0.3 is 9.15 Å². The number of methoxy groups -OCH3 is 1. The fourth-order valence-electron chi connectivity index (χ4n) is 1.68. The molecule has 0 saturated heterocycles. The van der Waals surface area contributed by atoms with E-state index in [1.54, 1.807) is 7.11 Å². The van der Waals surface area contributed by atoms with Gasteiger partial charge >= 0.3 is 0 Å². The molecule has 4 nitrogen and oxygen atoms in total. The molecule has 0 aliphatic carbocycles. The molecule has 0 bridgehead atoms. The SMILES string of the molecule is COc1cc(CN=C=O)cc2cc(C)oc12. The summed E-state index contributed by atoms with van der Waals surface area (Å²) < 4.78 is 10.7. The highest BCUT2D eigenvalue weighted by molar-refractivity contribution is 5.84. The van der Waals surface area contributed by atoms with Crippen LogP contribution in [0, 0.1) is 6.92 Å². The van der Waals surface area contributed by atoms with Crippen LogP contribution < -0.4 is 4.74 Å². The Morgan fingerprint density at radius 2 is 2.25 bits per heavy atom. The summed E-state index contributed by atoms with van der Waals surface area (Å²) >= 11 is 0. The molecule has 1 aromatic carbocycles. The molecule has 0 saturated carbocycles. The van der Waals surface area contributed by atoms with Crippen LogP contribution in [0.5, 0.6) is 5.75 Å². The van der Waals surface area contributed by atoms with Gasteiger partial charge in [0.05, 0.1) is 13.7 Å². The predicted octanol–water partition coefficient (Wildman–Crippen LogP) is 2.59. The smallest absolute Gasteiger partial charge is 0.235 e. The van der Waals surface area contributed by atoms with E-state index < -0.39 is 0 Å². The van der Waals surface area contributed by atoms with Crippen molar-refractivity contribution in [1.82, 2.24) is 0 Å². The average molecular weight is 217 g/mol. The Kier molecular flexibility index (Phi) is 2.75. The van der Waals surface area contributed by atoms with E-state index in [1.807, 2.05) is 25.1 Å². The van der Waals surface area contributed by atoms with Crippen molar-refractivity contribution in [3.63, 3.8) is 0 Å². The molecule has 2 rings (SSSR count). The molecule has 82 valence electrons. The number of ether oxygens (including phenoxy) is 1. The molecule has 0 spiro atoms. The number of aryl methyl sites for hydroxylation is 1. The number of benzene rings is 1. The molecule has 1 aromatic heterocycles. The van der Waals surface area contributed by atoms with Crippen LogP contribution in [0.25, 0.3) is 11.0 Å². The van der Waals surface area contributed by atoms with Crippen molar-refractivity contribution < 1.29 is 13.9 Å². The first-order valence-corrected chi connectivity index (χ1v) is 4.85. The predicted molar refractivity (Wildman–Crippen MR) is 59.3 cm³/mol. The van der Waals surface area contributed by atoms with Crippen LogP contribution in [0.4, 0.5) is 0 Å². The lowest BCUT2D eigenvalue weighted by Crippen LogP contribution is -1.87. The van der Waals surface area contributed by atoms with E-state index in [0.29, 0.717) is 12.3 Å². The number of isocyanates is 1. The monoisotopic (exact) mass is 217 g/mol. The lowest BCUT2D eigenvalue weighted by Gasteiger charge is -2.03. The van der Waals surface area contributed by atoms with Gasteiger partial charge in [0.15, 0.2) is 11.3 Å². The maximum atomic E-state index is 10.1. The Morgan fingerprint density at radius 1 is 1.44 bits per heavy atom. The molecule has 0 fully saturated rings. The molecular formula is C12H11NO3. The maximum absolute atomic E-state index is 10.1. The van der Waals surface area contributed by atoms with Gasteiger partial charge in [0.2, 0.25) is 6.08 Å². The van der Waals surface area contributed by atoms with Gasteiger partial charge in [-0.1, -0.05) is 0 Å². The van der Waals surface area contributed by atoms with Crippen LogP contribution in [-0.2, 0) is 11.3 Å². The van der Waals surface area contributed by atoms with E-state index in [4.69, 9.17) is 9.15 Å². The van der Waals surface area contributed by atoms with Crippen molar-refractivity contribution in [3.05, 3.63) is 29.5 Å². The largest absolute Gasteiger partial charge is 0.493 e. The topological polar surface area (TPSA) is 51.8 Å². The number of carbonyl (C=O) groups excluding carboxylic acids is 1. The van der Waals surface area contributed by atoms with Crippen molar-refractivity contribution in [2.24, 2.45) is 4.99 Å². The van der Waals surface area contributed by atoms with Crippen LogP contribution in [-0.4, -0.2) is 13.2 Å². The zero-order chi connectivity index (χ0) is 11.5. The molecule has 0 aliphatic rings. The minimum atomic E-state index is 0.306. The van der Waals surface area contributed by atoms with Crippen LogP contribution in [0.1, 0.15) is 11.3 Å². The number of rotatable bonds is 3. The summed E-state index contributed by atoms with van der Waals surface area (Å²) in [7, 11) is 1.58. The fraction of sp³-hybridized carbons (Fsp3) is 0.250. The zero-order valence-corrected chi connectivity index (χ0v) is 9.11. The van der Waals surface area contributed by atoms with E-state index in [2.05, 4.69) is 4.99 Å². The minimum absolute atomic E-state index is 0.306. The first kappa shape index (κ1) is 10.5. The molecule has 0 unspecified atom stereocenters. The molecular weight excluding hydrogens is 206 g/mol. The summed E-state index contributed by atoms with van der Waals surface area (Å²) in [5.74, 6) is 1.48. The number of fused-ring (bicyclic) bond motifs is 1. The third kappa shape index (κ3) is 1.83. The standard InChI is InChI=1S/C12H11NO3/c1-8-3-10-4-9(6-13-7-14)5-11(15-2)12(10)16-8/h3-5H,6H2,1-2H3. The van der Waals surface area contributed by atoms with E-state index >= 15 is 0 Å². The average Bonchev–Trinajstić information content (AvgIpc) is 2.65. The van der Waals surface area contributed by atoms with Gasteiger partial charge in [-0.05, 0) is 30.7 Å². The summed E-state index contributed by atoms with van der Waals surface area (Å²) in [6.45, 7) is 2.18. The van der Waals surface area contributed by atoms with Gasteiger partial charge in [0.1, 0.15) is 5.76 Å².